The van der Waals surface area contributed by atoms with Crippen LogP contribution in [0.5, 0.6) is 0 Å². The Balaban J connectivity index is 1.34. The molecule has 5 saturated carbocycles. The fraction of sp³-hybridized carbons (Fsp3) is 0.865. The zero-order valence-corrected chi connectivity index (χ0v) is 28.1. The van der Waals surface area contributed by atoms with Crippen LogP contribution < -0.4 is 5.32 Å². The second kappa shape index (κ2) is 10.1. The Morgan fingerprint density at radius 1 is 0.953 bits per heavy atom. The van der Waals surface area contributed by atoms with E-state index in [0.717, 1.165) is 64.2 Å². The van der Waals surface area contributed by atoms with Gasteiger partial charge in [-0.3, -0.25) is 9.59 Å². The van der Waals surface area contributed by atoms with Gasteiger partial charge in [0.25, 0.3) is 0 Å². The average molecular weight is 596 g/mol. The lowest BCUT2D eigenvalue weighted by atomic mass is 9.32. The summed E-state index contributed by atoms with van der Waals surface area (Å²) in [6.45, 7) is 20.7. The third-order valence-electron chi connectivity index (χ3n) is 15.3. The number of carbonyl (C=O) groups excluding carboxylic acids is 3. The predicted octanol–water partition coefficient (Wildman–Crippen LogP) is 7.25. The summed E-state index contributed by atoms with van der Waals surface area (Å²) in [6, 6.07) is -0.608. The van der Waals surface area contributed by atoms with Crippen molar-refractivity contribution in [3.05, 3.63) is 12.2 Å². The Labute approximate surface area is 259 Å². The largest absolute Gasteiger partial charge is 0.467 e. The molecule has 0 aromatic heterocycles. The van der Waals surface area contributed by atoms with Crippen LogP contribution in [-0.2, 0) is 23.9 Å². The first-order chi connectivity index (χ1) is 20.1. The Kier molecular flexibility index (Phi) is 7.30. The van der Waals surface area contributed by atoms with E-state index in [-0.39, 0.29) is 57.4 Å². The molecule has 0 spiro atoms. The number of amides is 1. The van der Waals surface area contributed by atoms with Gasteiger partial charge in [-0.05, 0) is 136 Å². The van der Waals surface area contributed by atoms with Gasteiger partial charge in [-0.25, -0.2) is 4.79 Å². The molecule has 43 heavy (non-hydrogen) atoms. The smallest absolute Gasteiger partial charge is 0.328 e. The monoisotopic (exact) mass is 595 g/mol. The molecule has 6 aliphatic rings. The van der Waals surface area contributed by atoms with E-state index in [2.05, 4.69) is 60.4 Å². The first-order valence-electron chi connectivity index (χ1n) is 17.4. The van der Waals surface area contributed by atoms with Gasteiger partial charge in [-0.15, -0.1) is 0 Å². The number of rotatable bonds is 6. The van der Waals surface area contributed by atoms with Gasteiger partial charge in [0.1, 0.15) is 17.6 Å². The summed E-state index contributed by atoms with van der Waals surface area (Å²) < 4.78 is 10.8. The highest BCUT2D eigenvalue weighted by molar-refractivity contribution is 5.89. The molecule has 6 heteroatoms. The maximum Gasteiger partial charge on any atom is 0.328 e. The van der Waals surface area contributed by atoms with Gasteiger partial charge in [0, 0.05) is 0 Å². The highest BCUT2D eigenvalue weighted by Crippen LogP contribution is 2.78. The summed E-state index contributed by atoms with van der Waals surface area (Å²) >= 11 is 0. The van der Waals surface area contributed by atoms with Crippen LogP contribution in [0.4, 0.5) is 0 Å². The van der Waals surface area contributed by atoms with Crippen molar-refractivity contribution in [3.8, 4) is 0 Å². The minimum Gasteiger partial charge on any atom is -0.467 e. The molecule has 12 atom stereocenters. The minimum absolute atomic E-state index is 0.0309. The van der Waals surface area contributed by atoms with Gasteiger partial charge >= 0.3 is 11.9 Å². The molecule has 1 saturated heterocycles. The first kappa shape index (κ1) is 31.1. The van der Waals surface area contributed by atoms with Crippen molar-refractivity contribution in [2.45, 2.75) is 131 Å². The Bertz CT molecular complexity index is 1210. The Morgan fingerprint density at radius 2 is 1.67 bits per heavy atom. The first-order valence-corrected chi connectivity index (χ1v) is 17.4. The molecule has 0 radical (unpaired) electrons. The zero-order chi connectivity index (χ0) is 31.3. The third kappa shape index (κ3) is 3.98. The Hall–Kier alpha value is -1.85. The minimum atomic E-state index is -0.608. The van der Waals surface area contributed by atoms with Crippen molar-refractivity contribution >= 4 is 17.8 Å². The molecule has 0 aromatic carbocycles. The van der Waals surface area contributed by atoms with Gasteiger partial charge in [0.2, 0.25) is 5.91 Å². The summed E-state index contributed by atoms with van der Waals surface area (Å²) in [6.07, 6.45) is 11.1. The Morgan fingerprint density at radius 3 is 2.30 bits per heavy atom. The van der Waals surface area contributed by atoms with Crippen LogP contribution in [0.25, 0.3) is 0 Å². The average Bonchev–Trinajstić information content (AvgIpc) is 3.35. The number of methoxy groups -OCH3 is 1. The molecule has 1 aliphatic heterocycles. The van der Waals surface area contributed by atoms with Gasteiger partial charge in [0.05, 0.1) is 12.5 Å². The van der Waals surface area contributed by atoms with Gasteiger partial charge in [-0.1, -0.05) is 46.8 Å². The summed E-state index contributed by atoms with van der Waals surface area (Å²) in [5.74, 6) is 1.96. The van der Waals surface area contributed by atoms with Crippen LogP contribution in [0.15, 0.2) is 12.2 Å². The molecule has 1 heterocycles. The molecule has 5 aliphatic carbocycles. The summed E-state index contributed by atoms with van der Waals surface area (Å²) in [5.41, 5.74) is 0.791. The lowest BCUT2D eigenvalue weighted by molar-refractivity contribution is -0.279. The van der Waals surface area contributed by atoms with E-state index in [9.17, 15) is 14.4 Å². The quantitative estimate of drug-likeness (QED) is 0.258. The van der Waals surface area contributed by atoms with E-state index in [1.165, 1.54) is 12.7 Å². The van der Waals surface area contributed by atoms with Gasteiger partial charge < -0.3 is 14.8 Å². The van der Waals surface area contributed by atoms with Gasteiger partial charge in [0.15, 0.2) is 0 Å². The number of fused-ring (bicyclic) bond motifs is 9. The number of esters is 2. The molecule has 0 unspecified atom stereocenters. The normalized spacial score (nSPS) is 48.7. The van der Waals surface area contributed by atoms with E-state index < -0.39 is 11.5 Å². The van der Waals surface area contributed by atoms with Crippen LogP contribution in [0.3, 0.4) is 0 Å². The van der Waals surface area contributed by atoms with E-state index in [0.29, 0.717) is 30.1 Å². The standard InChI is InChI=1S/C37H57NO5/c1-21(2)20-25(30(39)42-9)38-31(40)37-17-12-23(22(3)4)29(37)24-10-11-26-33(5)15-14-28-36(8,32(41)43-28)27(33)13-16-35(26,7)34(24,6)18-19-37/h21,23-29H,3,10-20H2,1-2,4-9H3,(H,38,40)/t23-,24+,25-,26+,27+,28+,29+,33+,34+,35+,36-,37-/m0/s1. The summed E-state index contributed by atoms with van der Waals surface area (Å²) in [4.78, 5) is 40.2. The molecule has 1 amide bonds. The highest BCUT2D eigenvalue weighted by Gasteiger charge is 2.75. The molecule has 6 nitrogen and oxygen atoms in total. The van der Waals surface area contributed by atoms with Crippen LogP contribution in [0.2, 0.25) is 0 Å². The number of allylic oxidation sites excluding steroid dienone is 1. The summed E-state index contributed by atoms with van der Waals surface area (Å²) in [7, 11) is 1.41. The van der Waals surface area contributed by atoms with E-state index in [1.807, 2.05) is 0 Å². The fourth-order valence-corrected chi connectivity index (χ4v) is 13.0. The van der Waals surface area contributed by atoms with Crippen molar-refractivity contribution in [2.24, 2.45) is 62.6 Å². The molecule has 0 bridgehead atoms. The lowest BCUT2D eigenvalue weighted by Gasteiger charge is -2.73. The van der Waals surface area contributed by atoms with Crippen molar-refractivity contribution in [3.63, 3.8) is 0 Å². The second-order valence-electron chi connectivity index (χ2n) is 17.2. The van der Waals surface area contributed by atoms with Crippen molar-refractivity contribution in [2.75, 3.05) is 7.11 Å². The SMILES string of the molecule is C=C(C)[C@@H]1CC[C@]2(C(=O)N[C@@H](CC(C)C)C(=O)OC)CC[C@]3(C)[C@H](CC[C@@H]4[C@@]5(C)CC[C@H]6OC(=O)[C@@]6(C)[C@@H]5CC[C@]43C)[C@@H]12. The van der Waals surface area contributed by atoms with E-state index in [4.69, 9.17) is 9.47 Å². The van der Waals surface area contributed by atoms with Crippen LogP contribution >= 0.6 is 0 Å². The number of nitrogens with one attached hydrogen (secondary N) is 1. The van der Waals surface area contributed by atoms with Crippen molar-refractivity contribution in [1.29, 1.82) is 0 Å². The summed E-state index contributed by atoms with van der Waals surface area (Å²) in [5, 5.41) is 3.24. The highest BCUT2D eigenvalue weighted by atomic mass is 16.6. The number of hydrogen-bond acceptors (Lipinski definition) is 5. The molecular weight excluding hydrogens is 538 g/mol. The predicted molar refractivity (Wildman–Crippen MR) is 167 cm³/mol. The maximum atomic E-state index is 14.5. The second-order valence-corrected chi connectivity index (χ2v) is 17.2. The van der Waals surface area contributed by atoms with Crippen LogP contribution in [0, 0.1) is 62.6 Å². The molecular formula is C37H57NO5. The van der Waals surface area contributed by atoms with Crippen LogP contribution in [0.1, 0.15) is 119 Å². The van der Waals surface area contributed by atoms with Crippen molar-refractivity contribution in [1.82, 2.24) is 5.32 Å². The number of carbonyl (C=O) groups is 3. The number of hydrogen-bond donors (Lipinski definition) is 1. The van der Waals surface area contributed by atoms with Crippen molar-refractivity contribution < 1.29 is 23.9 Å². The molecule has 240 valence electrons. The lowest BCUT2D eigenvalue weighted by Crippen LogP contribution is -2.71. The fourth-order valence-electron chi connectivity index (χ4n) is 13.0. The molecule has 6 fully saturated rings. The maximum absolute atomic E-state index is 14.5. The van der Waals surface area contributed by atoms with Gasteiger partial charge in [-0.2, -0.15) is 0 Å². The topological polar surface area (TPSA) is 81.7 Å². The molecule has 6 rings (SSSR count). The van der Waals surface area contributed by atoms with E-state index >= 15 is 0 Å². The van der Waals surface area contributed by atoms with E-state index in [1.54, 1.807) is 0 Å². The molecule has 0 aromatic rings. The third-order valence-corrected chi connectivity index (χ3v) is 15.3. The molecule has 1 N–H and O–H groups in total. The number of ether oxygens (including phenoxy) is 2. The van der Waals surface area contributed by atoms with Crippen LogP contribution in [-0.4, -0.2) is 37.1 Å². The zero-order valence-electron chi connectivity index (χ0n) is 28.1.